The number of thiazole rings is 1. The Morgan fingerprint density at radius 2 is 1.89 bits per heavy atom. The molecule has 0 aliphatic heterocycles. The van der Waals surface area contributed by atoms with Crippen LogP contribution in [0.15, 0.2) is 46.8 Å². The number of aromatic nitrogens is 3. The van der Waals surface area contributed by atoms with E-state index in [9.17, 15) is 32.1 Å². The van der Waals surface area contributed by atoms with Gasteiger partial charge in [0, 0.05) is 53.9 Å². The average molecular weight is 669 g/mol. The number of amides is 3. The van der Waals surface area contributed by atoms with E-state index in [-0.39, 0.29) is 46.9 Å². The number of pyridine rings is 2. The third-order valence-electron chi connectivity index (χ3n) is 6.35. The number of nitrogens with zero attached hydrogens (tertiary/aromatic N) is 3. The van der Waals surface area contributed by atoms with Gasteiger partial charge in [-0.15, -0.1) is 11.3 Å². The van der Waals surface area contributed by atoms with E-state index in [1.54, 1.807) is 30.5 Å². The third kappa shape index (κ3) is 8.32. The molecule has 3 heterocycles. The predicted octanol–water partition coefficient (Wildman–Crippen LogP) is 4.60. The molecule has 0 spiro atoms. The summed E-state index contributed by atoms with van der Waals surface area (Å²) in [5, 5.41) is 8.75. The molecule has 13 nitrogen and oxygen atoms in total. The van der Waals surface area contributed by atoms with Gasteiger partial charge in [0.05, 0.1) is 12.1 Å². The summed E-state index contributed by atoms with van der Waals surface area (Å²) in [5.74, 6) is -0.603. The lowest BCUT2D eigenvalue weighted by Gasteiger charge is -2.15. The summed E-state index contributed by atoms with van der Waals surface area (Å²) in [5.41, 5.74) is -0.212. The van der Waals surface area contributed by atoms with Gasteiger partial charge in [0.25, 0.3) is 5.91 Å². The summed E-state index contributed by atoms with van der Waals surface area (Å²) in [6, 6.07) is 5.58. The zero-order valence-electron chi connectivity index (χ0n) is 23.8. The molecule has 240 valence electrons. The maximum absolute atomic E-state index is 13.4. The minimum Gasteiger partial charge on any atom is -0.352 e. The molecule has 4 aromatic rings. The van der Waals surface area contributed by atoms with Gasteiger partial charge >= 0.3 is 20.0 Å². The molecule has 0 aliphatic carbocycles. The number of rotatable bonds is 11. The summed E-state index contributed by atoms with van der Waals surface area (Å²) in [4.78, 5) is 63.7. The number of aryl methyl sites for hydroxylation is 1. The summed E-state index contributed by atoms with van der Waals surface area (Å²) in [6.07, 6.45) is -1.80. The van der Waals surface area contributed by atoms with Gasteiger partial charge in [-0.05, 0) is 44.0 Å². The molecule has 4 rings (SSSR count). The van der Waals surface area contributed by atoms with Gasteiger partial charge < -0.3 is 25.0 Å². The molecule has 0 atom stereocenters. The predicted molar refractivity (Wildman–Crippen MR) is 161 cm³/mol. The molecular weight excluding hydrogens is 640 g/mol. The zero-order chi connectivity index (χ0) is 32.9. The second-order valence-electron chi connectivity index (χ2n) is 9.46. The lowest BCUT2D eigenvalue weighted by molar-refractivity contribution is -0.140. The largest absolute Gasteiger partial charge is 0.469 e. The van der Waals surface area contributed by atoms with Gasteiger partial charge in [-0.2, -0.15) is 13.2 Å². The Labute approximate surface area is 257 Å². The highest BCUT2D eigenvalue weighted by atomic mass is 32.1. The van der Waals surface area contributed by atoms with Crippen molar-refractivity contribution in [2.75, 3.05) is 25.0 Å². The summed E-state index contributed by atoms with van der Waals surface area (Å²) < 4.78 is 56.9. The fraction of sp³-hybridized carbons (Fsp3) is 0.296. The number of carbonyl (C=O) groups excluding carboxylic acids is 2. The minimum atomic E-state index is -4.66. The van der Waals surface area contributed by atoms with Crippen LogP contribution in [0.25, 0.3) is 32.6 Å². The van der Waals surface area contributed by atoms with Crippen molar-refractivity contribution < 1.29 is 41.6 Å². The number of phosphoric ester groups is 1. The van der Waals surface area contributed by atoms with Crippen LogP contribution >= 0.6 is 19.2 Å². The molecule has 0 bridgehead atoms. The molecule has 0 fully saturated rings. The van der Waals surface area contributed by atoms with E-state index in [0.29, 0.717) is 29.7 Å². The Morgan fingerprint density at radius 3 is 2.53 bits per heavy atom. The van der Waals surface area contributed by atoms with Crippen LogP contribution in [0.4, 0.5) is 23.8 Å². The van der Waals surface area contributed by atoms with Crippen LogP contribution in [-0.4, -0.2) is 56.0 Å². The van der Waals surface area contributed by atoms with Gasteiger partial charge in [-0.25, -0.2) is 19.3 Å². The van der Waals surface area contributed by atoms with Crippen LogP contribution < -0.4 is 21.4 Å². The maximum atomic E-state index is 13.4. The number of urea groups is 1. The fourth-order valence-electron chi connectivity index (χ4n) is 4.31. The summed E-state index contributed by atoms with van der Waals surface area (Å²) in [7, 11) is -4.63. The highest BCUT2D eigenvalue weighted by Gasteiger charge is 2.34. The average Bonchev–Trinajstić information content (AvgIpc) is 3.48. The molecule has 3 aromatic heterocycles. The van der Waals surface area contributed by atoms with Crippen molar-refractivity contribution in [3.05, 3.63) is 63.5 Å². The van der Waals surface area contributed by atoms with Crippen molar-refractivity contribution in [3.8, 4) is 21.7 Å². The molecule has 0 aliphatic rings. The van der Waals surface area contributed by atoms with E-state index in [4.69, 9.17) is 9.79 Å². The van der Waals surface area contributed by atoms with Gasteiger partial charge in [-0.1, -0.05) is 6.07 Å². The van der Waals surface area contributed by atoms with Crippen LogP contribution in [0.1, 0.15) is 36.3 Å². The normalized spacial score (nSPS) is 11.9. The first kappa shape index (κ1) is 33.7. The van der Waals surface area contributed by atoms with Crippen LogP contribution in [-0.2, 0) is 21.8 Å². The number of fused-ring (bicyclic) bond motifs is 1. The number of anilines is 1. The topological polar surface area (TPSA) is 185 Å². The molecule has 3 amide bonds. The van der Waals surface area contributed by atoms with Crippen LogP contribution in [0.2, 0.25) is 0 Å². The molecule has 0 unspecified atom stereocenters. The third-order valence-corrected chi connectivity index (χ3v) is 7.75. The highest BCUT2D eigenvalue weighted by Crippen LogP contribution is 2.39. The lowest BCUT2D eigenvalue weighted by Crippen LogP contribution is -2.31. The first-order valence-electron chi connectivity index (χ1n) is 13.5. The van der Waals surface area contributed by atoms with Crippen molar-refractivity contribution >= 4 is 47.8 Å². The minimum absolute atomic E-state index is 0.00504. The Balaban J connectivity index is 1.73. The van der Waals surface area contributed by atoms with Crippen molar-refractivity contribution in [2.45, 2.75) is 33.0 Å². The SMILES string of the molecule is CCNC(=O)Nc1cc(-c2nc(C(F)(F)F)cs2)c(-c2ccc3c(=O)c(C(=O)NCCCOP(=O)(O)O)cn(CC)c3c2)cn1. The molecule has 0 saturated heterocycles. The van der Waals surface area contributed by atoms with Crippen LogP contribution in [0, 0.1) is 0 Å². The number of carbonyl (C=O) groups is 2. The Hall–Kier alpha value is -4.15. The highest BCUT2D eigenvalue weighted by molar-refractivity contribution is 7.46. The number of hydrogen-bond acceptors (Lipinski definition) is 8. The Kier molecular flexibility index (Phi) is 10.4. The summed E-state index contributed by atoms with van der Waals surface area (Å²) in [6.45, 7) is 3.89. The second-order valence-corrected chi connectivity index (χ2v) is 11.6. The van der Waals surface area contributed by atoms with Crippen molar-refractivity contribution in [1.82, 2.24) is 25.2 Å². The van der Waals surface area contributed by atoms with E-state index in [1.807, 2.05) is 0 Å². The van der Waals surface area contributed by atoms with E-state index >= 15 is 0 Å². The Bertz CT molecular complexity index is 1840. The number of hydrogen-bond donors (Lipinski definition) is 5. The van der Waals surface area contributed by atoms with Crippen LogP contribution in [0.3, 0.4) is 0 Å². The molecule has 0 radical (unpaired) electrons. The smallest absolute Gasteiger partial charge is 0.352 e. The van der Waals surface area contributed by atoms with Crippen LogP contribution in [0.5, 0.6) is 0 Å². The van der Waals surface area contributed by atoms with Gasteiger partial charge in [0.1, 0.15) is 16.4 Å². The van der Waals surface area contributed by atoms with E-state index in [0.717, 1.165) is 16.7 Å². The zero-order valence-corrected chi connectivity index (χ0v) is 25.6. The standard InChI is InChI=1S/C27H28F3N6O7PS/c1-3-31-26(39)35-22-11-17(25-34-21(14-45-25)27(28,29)30)18(12-33-22)15-6-7-16-20(10-15)36(4-2)13-19(23(16)37)24(38)32-8-5-9-43-44(40,41)42/h6-7,10-14H,3-5,8-9H2,1-2H3,(H,32,38)(H2,40,41,42)(H2,31,33,35,39). The second kappa shape index (κ2) is 13.9. The molecule has 5 N–H and O–H groups in total. The molecule has 18 heteroatoms. The van der Waals surface area contributed by atoms with Gasteiger partial charge in [-0.3, -0.25) is 19.4 Å². The Morgan fingerprint density at radius 1 is 1.13 bits per heavy atom. The lowest BCUT2D eigenvalue weighted by atomic mass is 9.99. The number of halogens is 3. The molecular formula is C27H28F3N6O7PS. The number of nitrogens with one attached hydrogen (secondary N) is 3. The van der Waals surface area contributed by atoms with E-state index < -0.39 is 37.1 Å². The van der Waals surface area contributed by atoms with Crippen molar-refractivity contribution in [2.24, 2.45) is 0 Å². The molecule has 45 heavy (non-hydrogen) atoms. The first-order chi connectivity index (χ1) is 21.2. The number of benzene rings is 1. The van der Waals surface area contributed by atoms with Crippen molar-refractivity contribution in [1.29, 1.82) is 0 Å². The fourth-order valence-corrected chi connectivity index (χ4v) is 5.54. The summed E-state index contributed by atoms with van der Waals surface area (Å²) >= 11 is 0.772. The molecule has 0 saturated carbocycles. The monoisotopic (exact) mass is 668 g/mol. The molecule has 1 aromatic carbocycles. The maximum Gasteiger partial charge on any atom is 0.469 e. The number of alkyl halides is 3. The number of phosphoric acid groups is 1. The van der Waals surface area contributed by atoms with Crippen molar-refractivity contribution in [3.63, 3.8) is 0 Å². The van der Waals surface area contributed by atoms with E-state index in [1.165, 1.54) is 24.5 Å². The quantitative estimate of drug-likeness (QED) is 0.113. The van der Waals surface area contributed by atoms with Gasteiger partial charge in [0.15, 0.2) is 5.69 Å². The first-order valence-corrected chi connectivity index (χ1v) is 15.9. The van der Waals surface area contributed by atoms with Gasteiger partial charge in [0.2, 0.25) is 5.43 Å². The van der Waals surface area contributed by atoms with E-state index in [2.05, 4.69) is 30.4 Å².